The second-order valence-corrected chi connectivity index (χ2v) is 45.8. The maximum absolute atomic E-state index is 13.7. The number of nitrogens with one attached hydrogen (secondary N) is 2. The number of carbonyl (C=O) groups is 2. The Labute approximate surface area is 331 Å². The summed E-state index contributed by atoms with van der Waals surface area (Å²) in [7, 11) is 17.8. The molecule has 2 aliphatic rings. The zero-order valence-electron chi connectivity index (χ0n) is 33.1. The van der Waals surface area contributed by atoms with Crippen LogP contribution in [0.1, 0.15) is 118 Å². The van der Waals surface area contributed by atoms with Crippen molar-refractivity contribution in [1.29, 1.82) is 0 Å². The van der Waals surface area contributed by atoms with Crippen LogP contribution in [0.2, 0.25) is 0 Å². The van der Waals surface area contributed by atoms with E-state index in [1.54, 1.807) is 0 Å². The molecular weight excluding hydrogens is 873 g/mol. The Morgan fingerprint density at radius 3 is 1.33 bits per heavy atom. The van der Waals surface area contributed by atoms with Gasteiger partial charge in [0.05, 0.1) is 0 Å². The second-order valence-electron chi connectivity index (χ2n) is 15.4. The van der Waals surface area contributed by atoms with Crippen LogP contribution in [-0.2, 0) is 25.5 Å². The topological polar surface area (TPSA) is 58.2 Å². The van der Waals surface area contributed by atoms with Gasteiger partial charge >= 0.3 is 334 Å². The van der Waals surface area contributed by atoms with E-state index in [9.17, 15) is 9.59 Å². The molecule has 2 aliphatic carbocycles. The molecule has 0 aliphatic heterocycles. The maximum atomic E-state index is 13.7. The zero-order valence-corrected chi connectivity index (χ0v) is 38.2. The van der Waals surface area contributed by atoms with Crippen LogP contribution in [0.4, 0.5) is 0 Å². The summed E-state index contributed by atoms with van der Waals surface area (Å²) in [6, 6.07) is 26.0. The van der Waals surface area contributed by atoms with Gasteiger partial charge in [0.2, 0.25) is 0 Å². The number of benzene rings is 4. The van der Waals surface area contributed by atoms with Crippen LogP contribution in [-0.4, -0.2) is 16.4 Å². The Bertz CT molecular complexity index is 2040. The summed E-state index contributed by atoms with van der Waals surface area (Å²) in [4.78, 5) is 27.3. The average molecular weight is 927 g/mol. The van der Waals surface area contributed by atoms with Gasteiger partial charge < -0.3 is 0 Å². The van der Waals surface area contributed by atoms with E-state index in [4.69, 9.17) is 17.2 Å². The Balaban J connectivity index is 1.71. The Morgan fingerprint density at radius 1 is 0.593 bits per heavy atom. The molecule has 2 atom stereocenters. The molecular formula is C46H54BCl2HfN2O2. The van der Waals surface area contributed by atoms with Gasteiger partial charge in [-0.15, -0.1) is 0 Å². The summed E-state index contributed by atoms with van der Waals surface area (Å²) in [5, 5.41) is 6.58. The molecule has 6 rings (SSSR count). The first kappa shape index (κ1) is 40.5. The van der Waals surface area contributed by atoms with Crippen molar-refractivity contribution in [1.82, 2.24) is 10.5 Å². The van der Waals surface area contributed by atoms with Crippen molar-refractivity contribution < 1.29 is 25.5 Å². The van der Waals surface area contributed by atoms with E-state index in [1.807, 2.05) is 13.8 Å². The minimum atomic E-state index is -6.13. The van der Waals surface area contributed by atoms with Crippen LogP contribution < -0.4 is 10.5 Å². The van der Waals surface area contributed by atoms with Crippen LogP contribution in [0.3, 0.4) is 0 Å². The minimum absolute atomic E-state index is 0.188. The number of halogens is 2. The Morgan fingerprint density at radius 2 is 0.963 bits per heavy atom. The monoisotopic (exact) mass is 927 g/mol. The molecule has 4 aromatic rings. The third-order valence-electron chi connectivity index (χ3n) is 12.1. The quantitative estimate of drug-likeness (QED) is 0.131. The molecule has 281 valence electrons. The SMILES string of the molecule is CCCC1=Cc2c(-c3cccc(C)c3C)cccc2[CH]1[Hf]([Cl])([Cl])([B](NC(=O)CC)NC(=O)CC)[CH]1C(CCC)=Cc2c(-c3cccc(C)c3C)cccc21. The first-order valence-corrected chi connectivity index (χ1v) is 34.9. The summed E-state index contributed by atoms with van der Waals surface area (Å²) in [6.07, 6.45) is 8.55. The predicted molar refractivity (Wildman–Crippen MR) is 228 cm³/mol. The van der Waals surface area contributed by atoms with Crippen molar-refractivity contribution in [2.24, 2.45) is 0 Å². The molecule has 0 fully saturated rings. The van der Waals surface area contributed by atoms with E-state index in [0.717, 1.165) is 59.1 Å². The van der Waals surface area contributed by atoms with Crippen molar-refractivity contribution in [2.45, 2.75) is 101 Å². The van der Waals surface area contributed by atoms with Gasteiger partial charge in [0.25, 0.3) is 0 Å². The molecule has 2 amide bonds. The summed E-state index contributed by atoms with van der Waals surface area (Å²) in [5.74, 6) is -0.375. The molecule has 0 heterocycles. The summed E-state index contributed by atoms with van der Waals surface area (Å²) in [6.45, 7) is 16.7. The summed E-state index contributed by atoms with van der Waals surface area (Å²) >= 11 is -6.13. The summed E-state index contributed by atoms with van der Waals surface area (Å²) < 4.78 is -1.66. The normalized spacial score (nSPS) is 16.8. The Hall–Kier alpha value is -3.18. The molecule has 0 spiro atoms. The van der Waals surface area contributed by atoms with Crippen LogP contribution in [0.5, 0.6) is 0 Å². The van der Waals surface area contributed by atoms with Crippen LogP contribution in [0.25, 0.3) is 34.4 Å². The molecule has 0 aromatic heterocycles. The van der Waals surface area contributed by atoms with E-state index in [1.165, 1.54) is 44.5 Å². The van der Waals surface area contributed by atoms with E-state index in [-0.39, 0.29) is 32.0 Å². The first-order chi connectivity index (χ1) is 25.8. The number of aryl methyl sites for hydroxylation is 2. The van der Waals surface area contributed by atoms with Gasteiger partial charge in [-0.3, -0.25) is 0 Å². The van der Waals surface area contributed by atoms with Gasteiger partial charge in [-0.2, -0.15) is 0 Å². The van der Waals surface area contributed by atoms with Crippen molar-refractivity contribution in [3.8, 4) is 22.3 Å². The van der Waals surface area contributed by atoms with Crippen LogP contribution in [0, 0.1) is 27.7 Å². The van der Waals surface area contributed by atoms with E-state index in [0.29, 0.717) is 0 Å². The van der Waals surface area contributed by atoms with Crippen molar-refractivity contribution in [3.63, 3.8) is 0 Å². The molecule has 4 aromatic carbocycles. The third kappa shape index (κ3) is 6.94. The van der Waals surface area contributed by atoms with Gasteiger partial charge in [-0.1, -0.05) is 0 Å². The van der Waals surface area contributed by atoms with Crippen molar-refractivity contribution >= 4 is 45.7 Å². The molecule has 54 heavy (non-hydrogen) atoms. The number of allylic oxidation sites excluding steroid dienone is 2. The van der Waals surface area contributed by atoms with Gasteiger partial charge in [0.15, 0.2) is 0 Å². The number of carbonyl (C=O) groups excluding carboxylic acids is 2. The molecule has 0 bridgehead atoms. The predicted octanol–water partition coefficient (Wildman–Crippen LogP) is 12.5. The first-order valence-electron chi connectivity index (χ1n) is 19.8. The van der Waals surface area contributed by atoms with Gasteiger partial charge in [-0.25, -0.2) is 0 Å². The Kier molecular flexibility index (Phi) is 12.1. The third-order valence-corrected chi connectivity index (χ3v) is 40.6. The summed E-state index contributed by atoms with van der Waals surface area (Å²) in [5.41, 5.74) is 16.4. The number of amides is 2. The van der Waals surface area contributed by atoms with Crippen LogP contribution >= 0.6 is 17.2 Å². The number of hydrogen-bond acceptors (Lipinski definition) is 2. The number of rotatable bonds is 13. The molecule has 2 N–H and O–H groups in total. The van der Waals surface area contributed by atoms with Crippen molar-refractivity contribution in [3.05, 3.63) is 128 Å². The van der Waals surface area contributed by atoms with E-state index in [2.05, 4.69) is 137 Å². The van der Waals surface area contributed by atoms with Crippen molar-refractivity contribution in [2.75, 3.05) is 0 Å². The molecule has 4 nitrogen and oxygen atoms in total. The van der Waals surface area contributed by atoms with Gasteiger partial charge in [0.1, 0.15) is 0 Å². The van der Waals surface area contributed by atoms with Gasteiger partial charge in [-0.05, 0) is 0 Å². The molecule has 2 unspecified atom stereocenters. The van der Waals surface area contributed by atoms with Crippen LogP contribution in [0.15, 0.2) is 83.9 Å². The second kappa shape index (κ2) is 16.1. The molecule has 0 saturated carbocycles. The van der Waals surface area contributed by atoms with E-state index >= 15 is 0 Å². The van der Waals surface area contributed by atoms with E-state index < -0.39 is 20.5 Å². The number of fused-ring (bicyclic) bond motifs is 2. The number of hydrogen-bond donors (Lipinski definition) is 2. The zero-order chi connectivity index (χ0) is 39.0. The standard InChI is InChI=1S/2C20H21.C6H11BN2O2.2ClH.Hf/c2*1-4-7-16-12-17-9-6-11-19(20(17)13-16)18-10-5-8-14(2)15(18)3;1-3-5(10)8-7-9-6(11)4-2;;;/h2*5-6,8-13H,4,7H2,1-3H3;3-4H2,1-2H3,(H-,8,9,10,11);2*1H;/q;;;;;+1/p-1. The fraction of sp³-hybridized carbons (Fsp3) is 0.348. The molecule has 0 saturated heterocycles. The average Bonchev–Trinajstić information content (AvgIpc) is 3.73. The fourth-order valence-corrected chi connectivity index (χ4v) is 38.9. The fourth-order valence-electron chi connectivity index (χ4n) is 9.14. The molecule has 8 heteroatoms. The molecule has 0 radical (unpaired) electrons. The van der Waals surface area contributed by atoms with Gasteiger partial charge in [0, 0.05) is 0 Å².